The van der Waals surface area contributed by atoms with Crippen molar-refractivity contribution in [2.75, 3.05) is 46.4 Å². The Hall–Kier alpha value is -1.59. The molecule has 0 radical (unpaired) electrons. The van der Waals surface area contributed by atoms with Crippen molar-refractivity contribution >= 4 is 5.96 Å². The molecule has 1 fully saturated rings. The quantitative estimate of drug-likeness (QED) is 0.430. The third-order valence-corrected chi connectivity index (χ3v) is 4.76. The van der Waals surface area contributed by atoms with E-state index in [2.05, 4.69) is 64.7 Å². The fraction of sp³-hybridized carbons (Fsp3) is 0.650. The summed E-state index contributed by atoms with van der Waals surface area (Å²) in [6.45, 7) is 10.1. The number of hydrogen-bond acceptors (Lipinski definition) is 3. The molecule has 2 rings (SSSR count). The van der Waals surface area contributed by atoms with E-state index < -0.39 is 0 Å². The summed E-state index contributed by atoms with van der Waals surface area (Å²) in [5, 5.41) is 6.94. The van der Waals surface area contributed by atoms with E-state index in [1.54, 1.807) is 0 Å². The summed E-state index contributed by atoms with van der Waals surface area (Å²) in [7, 11) is 1.84. The predicted octanol–water partition coefficient (Wildman–Crippen LogP) is 2.14. The minimum Gasteiger partial charge on any atom is -0.379 e. The Morgan fingerprint density at radius 2 is 1.88 bits per heavy atom. The van der Waals surface area contributed by atoms with Gasteiger partial charge in [-0.1, -0.05) is 44.2 Å². The minimum absolute atomic E-state index is 0.506. The van der Waals surface area contributed by atoms with Crippen LogP contribution in [0.1, 0.15) is 25.8 Å². The van der Waals surface area contributed by atoms with Gasteiger partial charge in [-0.25, -0.2) is 0 Å². The molecule has 0 amide bonds. The first-order chi connectivity index (χ1) is 12.2. The van der Waals surface area contributed by atoms with Crippen molar-refractivity contribution in [3.63, 3.8) is 0 Å². The highest BCUT2D eigenvalue weighted by Gasteiger charge is 2.23. The predicted molar refractivity (Wildman–Crippen MR) is 105 cm³/mol. The van der Waals surface area contributed by atoms with Crippen LogP contribution in [-0.4, -0.2) is 63.3 Å². The molecule has 5 nitrogen and oxygen atoms in total. The molecular formula is C20H34N4O. The molecule has 1 aromatic rings. The maximum absolute atomic E-state index is 5.48. The molecule has 1 aromatic carbocycles. The van der Waals surface area contributed by atoms with E-state index in [9.17, 15) is 0 Å². The van der Waals surface area contributed by atoms with Crippen LogP contribution in [0.3, 0.4) is 0 Å². The lowest BCUT2D eigenvalue weighted by Gasteiger charge is -2.37. The van der Waals surface area contributed by atoms with E-state index >= 15 is 0 Å². The number of morpholine rings is 1. The van der Waals surface area contributed by atoms with Crippen LogP contribution < -0.4 is 10.6 Å². The number of aliphatic imine (C=N–C) groups is 1. The van der Waals surface area contributed by atoms with Gasteiger partial charge in [-0.3, -0.25) is 9.89 Å². The van der Waals surface area contributed by atoms with Crippen LogP contribution in [0.25, 0.3) is 0 Å². The fourth-order valence-corrected chi connectivity index (χ4v) is 3.26. The SMILES string of the molecule is CN=C(NCCCc1ccccc1)NCC(C(C)C)N1CCOCC1. The molecule has 0 aromatic heterocycles. The Morgan fingerprint density at radius 3 is 2.52 bits per heavy atom. The first-order valence-corrected chi connectivity index (χ1v) is 9.51. The van der Waals surface area contributed by atoms with Crippen molar-refractivity contribution < 1.29 is 4.74 Å². The van der Waals surface area contributed by atoms with Gasteiger partial charge in [-0.2, -0.15) is 0 Å². The van der Waals surface area contributed by atoms with Crippen LogP contribution in [0.5, 0.6) is 0 Å². The molecule has 1 aliphatic rings. The highest BCUT2D eigenvalue weighted by molar-refractivity contribution is 5.79. The van der Waals surface area contributed by atoms with Gasteiger partial charge in [-0.15, -0.1) is 0 Å². The van der Waals surface area contributed by atoms with Gasteiger partial charge in [0.05, 0.1) is 13.2 Å². The zero-order valence-electron chi connectivity index (χ0n) is 16.0. The Balaban J connectivity index is 1.70. The molecule has 2 N–H and O–H groups in total. The summed E-state index contributed by atoms with van der Waals surface area (Å²) >= 11 is 0. The molecule has 1 saturated heterocycles. The summed E-state index contributed by atoms with van der Waals surface area (Å²) in [5.74, 6) is 1.49. The second-order valence-corrected chi connectivity index (χ2v) is 6.93. The number of guanidine groups is 1. The fourth-order valence-electron chi connectivity index (χ4n) is 3.26. The average Bonchev–Trinajstić information content (AvgIpc) is 2.65. The third-order valence-electron chi connectivity index (χ3n) is 4.76. The van der Waals surface area contributed by atoms with Crippen LogP contribution in [0.2, 0.25) is 0 Å². The molecule has 0 bridgehead atoms. The Morgan fingerprint density at radius 1 is 1.16 bits per heavy atom. The van der Waals surface area contributed by atoms with Gasteiger partial charge >= 0.3 is 0 Å². The lowest BCUT2D eigenvalue weighted by molar-refractivity contribution is 0.00752. The Bertz CT molecular complexity index is 498. The normalized spacial score (nSPS) is 17.5. The number of nitrogens with zero attached hydrogens (tertiary/aromatic N) is 2. The Labute approximate surface area is 152 Å². The van der Waals surface area contributed by atoms with E-state index in [1.165, 1.54) is 5.56 Å². The maximum atomic E-state index is 5.48. The second kappa shape index (κ2) is 11.1. The van der Waals surface area contributed by atoms with Crippen LogP contribution in [0, 0.1) is 5.92 Å². The molecule has 0 spiro atoms. The van der Waals surface area contributed by atoms with Crippen LogP contribution in [0.15, 0.2) is 35.3 Å². The molecule has 1 unspecified atom stereocenters. The lowest BCUT2D eigenvalue weighted by Crippen LogP contribution is -2.52. The molecule has 0 saturated carbocycles. The van der Waals surface area contributed by atoms with Crippen molar-refractivity contribution in [1.29, 1.82) is 0 Å². The summed E-state index contributed by atoms with van der Waals surface area (Å²) < 4.78 is 5.48. The molecule has 1 heterocycles. The molecule has 1 atom stereocenters. The van der Waals surface area contributed by atoms with Gasteiger partial charge in [0.15, 0.2) is 5.96 Å². The number of ether oxygens (including phenoxy) is 1. The number of aryl methyl sites for hydroxylation is 1. The van der Waals surface area contributed by atoms with E-state index in [0.717, 1.165) is 58.2 Å². The summed E-state index contributed by atoms with van der Waals surface area (Å²) in [4.78, 5) is 6.89. The number of benzene rings is 1. The molecule has 5 heteroatoms. The molecule has 25 heavy (non-hydrogen) atoms. The Kier molecular flexibility index (Phi) is 8.77. The smallest absolute Gasteiger partial charge is 0.191 e. The van der Waals surface area contributed by atoms with Gasteiger partial charge in [0.2, 0.25) is 0 Å². The van der Waals surface area contributed by atoms with Gasteiger partial charge in [-0.05, 0) is 24.3 Å². The zero-order valence-corrected chi connectivity index (χ0v) is 16.0. The topological polar surface area (TPSA) is 48.9 Å². The van der Waals surface area contributed by atoms with Crippen molar-refractivity contribution in [2.45, 2.75) is 32.7 Å². The van der Waals surface area contributed by atoms with Crippen LogP contribution in [-0.2, 0) is 11.2 Å². The van der Waals surface area contributed by atoms with Crippen molar-refractivity contribution in [3.8, 4) is 0 Å². The van der Waals surface area contributed by atoms with E-state index in [-0.39, 0.29) is 0 Å². The lowest BCUT2D eigenvalue weighted by atomic mass is 10.0. The number of hydrogen-bond donors (Lipinski definition) is 2. The third kappa shape index (κ3) is 7.04. The maximum Gasteiger partial charge on any atom is 0.191 e. The highest BCUT2D eigenvalue weighted by atomic mass is 16.5. The van der Waals surface area contributed by atoms with Crippen LogP contribution >= 0.6 is 0 Å². The van der Waals surface area contributed by atoms with Gasteiger partial charge in [0, 0.05) is 39.3 Å². The van der Waals surface area contributed by atoms with Gasteiger partial charge in [0.25, 0.3) is 0 Å². The van der Waals surface area contributed by atoms with Gasteiger partial charge < -0.3 is 15.4 Å². The first-order valence-electron chi connectivity index (χ1n) is 9.51. The summed E-state index contributed by atoms with van der Waals surface area (Å²) in [6, 6.07) is 11.1. The average molecular weight is 347 g/mol. The summed E-state index contributed by atoms with van der Waals surface area (Å²) in [6.07, 6.45) is 2.19. The number of nitrogens with one attached hydrogen (secondary N) is 2. The van der Waals surface area contributed by atoms with Crippen molar-refractivity contribution in [3.05, 3.63) is 35.9 Å². The van der Waals surface area contributed by atoms with E-state index in [4.69, 9.17) is 4.74 Å². The zero-order chi connectivity index (χ0) is 17.9. The largest absolute Gasteiger partial charge is 0.379 e. The van der Waals surface area contributed by atoms with Gasteiger partial charge in [0.1, 0.15) is 0 Å². The minimum atomic E-state index is 0.506. The standard InChI is InChI=1S/C20H34N4O/c1-17(2)19(24-12-14-25-15-13-24)16-23-20(21-3)22-11-7-10-18-8-5-4-6-9-18/h4-6,8-9,17,19H,7,10-16H2,1-3H3,(H2,21,22,23). The number of rotatable bonds is 8. The molecule has 140 valence electrons. The van der Waals surface area contributed by atoms with E-state index in [0.29, 0.717) is 12.0 Å². The van der Waals surface area contributed by atoms with Crippen molar-refractivity contribution in [1.82, 2.24) is 15.5 Å². The second-order valence-electron chi connectivity index (χ2n) is 6.93. The first kappa shape index (κ1) is 19.7. The molecule has 0 aliphatic carbocycles. The molecule has 1 aliphatic heterocycles. The monoisotopic (exact) mass is 346 g/mol. The molecular weight excluding hydrogens is 312 g/mol. The highest BCUT2D eigenvalue weighted by Crippen LogP contribution is 2.12. The van der Waals surface area contributed by atoms with Crippen molar-refractivity contribution in [2.24, 2.45) is 10.9 Å². The van der Waals surface area contributed by atoms with Crippen LogP contribution in [0.4, 0.5) is 0 Å². The summed E-state index contributed by atoms with van der Waals surface area (Å²) in [5.41, 5.74) is 1.39. The van der Waals surface area contributed by atoms with E-state index in [1.807, 2.05) is 7.05 Å².